The van der Waals surface area contributed by atoms with Crippen molar-refractivity contribution in [2.75, 3.05) is 12.4 Å². The van der Waals surface area contributed by atoms with Crippen LogP contribution in [-0.2, 0) is 16.6 Å². The maximum absolute atomic E-state index is 12.7. The number of anilines is 1. The molecule has 0 radical (unpaired) electrons. The van der Waals surface area contributed by atoms with Gasteiger partial charge in [-0.2, -0.15) is 0 Å². The van der Waals surface area contributed by atoms with Gasteiger partial charge in [0.25, 0.3) is 5.91 Å². The first-order chi connectivity index (χ1) is 14.3. The van der Waals surface area contributed by atoms with E-state index in [1.165, 1.54) is 43.5 Å². The lowest BCUT2D eigenvalue weighted by molar-refractivity contribution is 0.102. The number of sulfonamides is 1. The Labute approximate surface area is 184 Å². The monoisotopic (exact) mass is 465 g/mol. The summed E-state index contributed by atoms with van der Waals surface area (Å²) in [7, 11) is -2.44. The first-order valence-electron chi connectivity index (χ1n) is 8.63. The van der Waals surface area contributed by atoms with Crippen LogP contribution in [0.5, 0.6) is 5.75 Å². The van der Waals surface area contributed by atoms with E-state index in [0.717, 1.165) is 0 Å². The van der Waals surface area contributed by atoms with Crippen LogP contribution in [0.3, 0.4) is 0 Å². The van der Waals surface area contributed by atoms with Crippen LogP contribution in [0.25, 0.3) is 0 Å². The lowest BCUT2D eigenvalue weighted by atomic mass is 10.2. The molecule has 0 aliphatic carbocycles. The Bertz CT molecular complexity index is 1170. The highest BCUT2D eigenvalue weighted by molar-refractivity contribution is 7.89. The number of halogens is 2. The van der Waals surface area contributed by atoms with Crippen molar-refractivity contribution in [2.45, 2.75) is 11.4 Å². The minimum Gasteiger partial charge on any atom is -0.495 e. The van der Waals surface area contributed by atoms with Crippen LogP contribution in [0.1, 0.15) is 15.9 Å². The second-order valence-electron chi connectivity index (χ2n) is 6.13. The van der Waals surface area contributed by atoms with Gasteiger partial charge in [-0.05, 0) is 48.0 Å². The van der Waals surface area contributed by atoms with Gasteiger partial charge in [0.15, 0.2) is 0 Å². The average Bonchev–Trinajstić information content (AvgIpc) is 2.73. The zero-order valence-electron chi connectivity index (χ0n) is 15.7. The zero-order chi connectivity index (χ0) is 21.7. The lowest BCUT2D eigenvalue weighted by Gasteiger charge is -2.13. The van der Waals surface area contributed by atoms with Crippen molar-refractivity contribution in [2.24, 2.45) is 0 Å². The summed E-state index contributed by atoms with van der Waals surface area (Å²) in [5.74, 6) is -0.243. The summed E-state index contributed by atoms with van der Waals surface area (Å²) in [4.78, 5) is 16.5. The van der Waals surface area contributed by atoms with Crippen molar-refractivity contribution in [3.63, 3.8) is 0 Å². The van der Waals surface area contributed by atoms with Gasteiger partial charge < -0.3 is 10.1 Å². The third-order valence-electron chi connectivity index (χ3n) is 4.09. The molecule has 1 heterocycles. The standard InChI is InChI=1S/C20H17Cl2N3O4S/c1-29-19-7-5-15(30(27,28)24-12-13-3-2-8-23-11-13)10-18(19)25-20(26)16-6-4-14(21)9-17(16)22/h2-11,24H,12H2,1H3,(H,25,26). The third-order valence-corrected chi connectivity index (χ3v) is 6.04. The van der Waals surface area contributed by atoms with Crippen molar-refractivity contribution < 1.29 is 17.9 Å². The molecule has 0 unspecified atom stereocenters. The van der Waals surface area contributed by atoms with E-state index in [4.69, 9.17) is 27.9 Å². The van der Waals surface area contributed by atoms with Crippen molar-refractivity contribution >= 4 is 44.8 Å². The van der Waals surface area contributed by atoms with Gasteiger partial charge in [0.05, 0.1) is 28.3 Å². The molecule has 0 fully saturated rings. The Hall–Kier alpha value is -2.65. The number of amides is 1. The van der Waals surface area contributed by atoms with Crippen molar-refractivity contribution in [1.82, 2.24) is 9.71 Å². The van der Waals surface area contributed by atoms with Gasteiger partial charge in [0.1, 0.15) is 5.75 Å². The molecular weight excluding hydrogens is 449 g/mol. The Morgan fingerprint density at radius 1 is 1.13 bits per heavy atom. The fraction of sp³-hybridized carbons (Fsp3) is 0.100. The summed E-state index contributed by atoms with van der Waals surface area (Å²) in [6.07, 6.45) is 3.17. The molecule has 0 spiro atoms. The summed E-state index contributed by atoms with van der Waals surface area (Å²) in [6, 6.07) is 12.1. The number of nitrogens with zero attached hydrogens (tertiary/aromatic N) is 1. The van der Waals surface area contributed by atoms with Crippen LogP contribution in [0.4, 0.5) is 5.69 Å². The summed E-state index contributed by atoms with van der Waals surface area (Å²) < 4.78 is 33.1. The van der Waals surface area contributed by atoms with Gasteiger partial charge in [0.2, 0.25) is 10.0 Å². The van der Waals surface area contributed by atoms with Gasteiger partial charge in [-0.15, -0.1) is 0 Å². The number of nitrogens with one attached hydrogen (secondary N) is 2. The van der Waals surface area contributed by atoms with Crippen LogP contribution in [0.15, 0.2) is 65.8 Å². The summed E-state index contributed by atoms with van der Waals surface area (Å²) in [5, 5.41) is 3.19. The Morgan fingerprint density at radius 3 is 2.60 bits per heavy atom. The van der Waals surface area contributed by atoms with Crippen molar-refractivity contribution in [3.8, 4) is 5.75 Å². The highest BCUT2D eigenvalue weighted by atomic mass is 35.5. The van der Waals surface area contributed by atoms with E-state index in [-0.39, 0.29) is 27.7 Å². The van der Waals surface area contributed by atoms with E-state index < -0.39 is 15.9 Å². The molecule has 2 N–H and O–H groups in total. The number of benzene rings is 2. The predicted octanol–water partition coefficient (Wildman–Crippen LogP) is 4.13. The van der Waals surface area contributed by atoms with Crippen molar-refractivity contribution in [3.05, 3.63) is 82.1 Å². The molecule has 0 saturated heterocycles. The zero-order valence-corrected chi connectivity index (χ0v) is 18.1. The molecular formula is C20H17Cl2N3O4S. The maximum Gasteiger partial charge on any atom is 0.257 e. The van der Waals surface area contributed by atoms with Crippen molar-refractivity contribution in [1.29, 1.82) is 0 Å². The average molecular weight is 466 g/mol. The molecule has 1 aromatic heterocycles. The van der Waals surface area contributed by atoms with Crippen LogP contribution < -0.4 is 14.8 Å². The molecule has 1 amide bonds. The van der Waals surface area contributed by atoms with E-state index in [2.05, 4.69) is 15.0 Å². The molecule has 7 nitrogen and oxygen atoms in total. The van der Waals surface area contributed by atoms with Gasteiger partial charge in [0, 0.05) is 24.0 Å². The van der Waals surface area contributed by atoms with Crippen LogP contribution in [0, 0.1) is 0 Å². The molecule has 156 valence electrons. The number of methoxy groups -OCH3 is 1. The second kappa shape index (κ2) is 9.44. The van der Waals surface area contributed by atoms with E-state index in [1.54, 1.807) is 24.5 Å². The third kappa shape index (κ3) is 5.28. The number of pyridine rings is 1. The fourth-order valence-corrected chi connectivity index (χ4v) is 4.12. The maximum atomic E-state index is 12.7. The van der Waals surface area contributed by atoms with Gasteiger partial charge in [-0.3, -0.25) is 9.78 Å². The predicted molar refractivity (Wildman–Crippen MR) is 116 cm³/mol. The quantitative estimate of drug-likeness (QED) is 0.546. The van der Waals surface area contributed by atoms with E-state index in [9.17, 15) is 13.2 Å². The van der Waals surface area contributed by atoms with E-state index >= 15 is 0 Å². The molecule has 0 bridgehead atoms. The number of carbonyl (C=O) groups excluding carboxylic acids is 1. The minimum atomic E-state index is -3.85. The van der Waals surface area contributed by atoms with Gasteiger partial charge >= 0.3 is 0 Å². The minimum absolute atomic E-state index is 0.0373. The largest absolute Gasteiger partial charge is 0.495 e. The Morgan fingerprint density at radius 2 is 1.93 bits per heavy atom. The number of aromatic nitrogens is 1. The van der Waals surface area contributed by atoms with Gasteiger partial charge in [-0.25, -0.2) is 13.1 Å². The lowest BCUT2D eigenvalue weighted by Crippen LogP contribution is -2.23. The smallest absolute Gasteiger partial charge is 0.257 e. The molecule has 0 aliphatic heterocycles. The van der Waals surface area contributed by atoms with E-state index in [1.807, 2.05) is 0 Å². The highest BCUT2D eigenvalue weighted by Gasteiger charge is 2.19. The highest BCUT2D eigenvalue weighted by Crippen LogP contribution is 2.29. The first kappa shape index (κ1) is 22.0. The molecule has 0 aliphatic rings. The Kier molecular flexibility index (Phi) is 6.94. The van der Waals surface area contributed by atoms with Crippen LogP contribution in [-0.4, -0.2) is 26.4 Å². The Balaban J connectivity index is 1.84. The van der Waals surface area contributed by atoms with E-state index in [0.29, 0.717) is 16.3 Å². The normalized spacial score (nSPS) is 11.2. The summed E-state index contributed by atoms with van der Waals surface area (Å²) in [6.45, 7) is 0.0737. The number of ether oxygens (including phenoxy) is 1. The first-order valence-corrected chi connectivity index (χ1v) is 10.9. The molecule has 3 rings (SSSR count). The van der Waals surface area contributed by atoms with Gasteiger partial charge in [-0.1, -0.05) is 29.3 Å². The molecule has 0 atom stereocenters. The molecule has 30 heavy (non-hydrogen) atoms. The summed E-state index contributed by atoms with van der Waals surface area (Å²) in [5.41, 5.74) is 1.07. The second-order valence-corrected chi connectivity index (χ2v) is 8.74. The van der Waals surface area contributed by atoms with Crippen LogP contribution in [0.2, 0.25) is 10.0 Å². The molecule has 2 aromatic carbocycles. The number of rotatable bonds is 7. The number of hydrogen-bond donors (Lipinski definition) is 2. The number of carbonyl (C=O) groups is 1. The molecule has 3 aromatic rings. The van der Waals surface area contributed by atoms with Crippen LogP contribution >= 0.6 is 23.2 Å². The number of hydrogen-bond acceptors (Lipinski definition) is 5. The summed E-state index contributed by atoms with van der Waals surface area (Å²) >= 11 is 11.9. The SMILES string of the molecule is COc1ccc(S(=O)(=O)NCc2cccnc2)cc1NC(=O)c1ccc(Cl)cc1Cl. The molecule has 0 saturated carbocycles. The fourth-order valence-electron chi connectivity index (χ4n) is 2.58. The topological polar surface area (TPSA) is 97.4 Å². The molecule has 10 heteroatoms.